The smallest absolute Gasteiger partial charge is 0.339 e. The van der Waals surface area contributed by atoms with Gasteiger partial charge in [-0.25, -0.2) is 4.79 Å². The Morgan fingerprint density at radius 1 is 1.18 bits per heavy atom. The first-order valence-electron chi connectivity index (χ1n) is 5.04. The number of carbonyl (C=O) groups is 2. The van der Waals surface area contributed by atoms with Crippen molar-refractivity contribution in [3.8, 4) is 5.75 Å². The first-order chi connectivity index (χ1) is 8.11. The number of aldehydes is 1. The van der Waals surface area contributed by atoms with Crippen molar-refractivity contribution in [3.63, 3.8) is 0 Å². The van der Waals surface area contributed by atoms with E-state index >= 15 is 0 Å². The molecule has 2 aromatic carbocycles. The predicted octanol–water partition coefficient (Wildman–Crippen LogP) is 1.99. The number of rotatable bonds is 3. The lowest BCUT2D eigenvalue weighted by Gasteiger charge is -2.04. The quantitative estimate of drug-likeness (QED) is 0.790. The maximum Gasteiger partial charge on any atom is 0.339 e. The van der Waals surface area contributed by atoms with Crippen molar-refractivity contribution in [2.24, 2.45) is 0 Å². The Hall–Kier alpha value is -2.36. The second-order valence-electron chi connectivity index (χ2n) is 3.73. The molecule has 4 heteroatoms. The standard InChI is InChI=1S/C13H10O4/c14-4-3-8-1-2-9-7-12(15)11(13(16)17)6-10(9)5-8/h1-2,4-7,15H,3H2,(H,16,17). The van der Waals surface area contributed by atoms with Crippen LogP contribution in [0.3, 0.4) is 0 Å². The Morgan fingerprint density at radius 2 is 1.94 bits per heavy atom. The number of carboxylic acids is 1. The highest BCUT2D eigenvalue weighted by Gasteiger charge is 2.10. The van der Waals surface area contributed by atoms with Gasteiger partial charge in [-0.2, -0.15) is 0 Å². The van der Waals surface area contributed by atoms with Gasteiger partial charge in [0.2, 0.25) is 0 Å². The predicted molar refractivity (Wildman–Crippen MR) is 62.3 cm³/mol. The van der Waals surface area contributed by atoms with Crippen molar-refractivity contribution in [2.75, 3.05) is 0 Å². The van der Waals surface area contributed by atoms with Gasteiger partial charge in [-0.15, -0.1) is 0 Å². The third kappa shape index (κ3) is 2.10. The maximum absolute atomic E-state index is 10.9. The number of aromatic carboxylic acids is 1. The largest absolute Gasteiger partial charge is 0.507 e. The second kappa shape index (κ2) is 4.25. The van der Waals surface area contributed by atoms with Crippen LogP contribution in [0.2, 0.25) is 0 Å². The van der Waals surface area contributed by atoms with Gasteiger partial charge in [-0.3, -0.25) is 0 Å². The maximum atomic E-state index is 10.9. The number of hydrogen-bond donors (Lipinski definition) is 2. The van der Waals surface area contributed by atoms with Gasteiger partial charge in [0.25, 0.3) is 0 Å². The average molecular weight is 230 g/mol. The fraction of sp³-hybridized carbons (Fsp3) is 0.0769. The van der Waals surface area contributed by atoms with Crippen molar-refractivity contribution in [2.45, 2.75) is 6.42 Å². The number of benzene rings is 2. The minimum atomic E-state index is -1.18. The molecule has 2 aromatic rings. The lowest BCUT2D eigenvalue weighted by molar-refractivity contribution is -0.107. The normalized spacial score (nSPS) is 10.4. The highest BCUT2D eigenvalue weighted by atomic mass is 16.4. The molecule has 0 amide bonds. The number of carboxylic acid groups (broad SMARTS) is 1. The molecule has 0 radical (unpaired) electrons. The van der Waals surface area contributed by atoms with Crippen LogP contribution < -0.4 is 0 Å². The summed E-state index contributed by atoms with van der Waals surface area (Å²) in [6.07, 6.45) is 1.08. The van der Waals surface area contributed by atoms with Gasteiger partial charge in [0.1, 0.15) is 17.6 Å². The SMILES string of the molecule is O=CCc1ccc2cc(O)c(C(=O)O)cc2c1. The molecule has 0 unspecified atom stereocenters. The molecule has 0 aliphatic carbocycles. The summed E-state index contributed by atoms with van der Waals surface area (Å²) < 4.78 is 0. The Morgan fingerprint density at radius 3 is 2.59 bits per heavy atom. The minimum absolute atomic E-state index is 0.138. The molecule has 0 aromatic heterocycles. The number of hydrogen-bond acceptors (Lipinski definition) is 3. The zero-order valence-corrected chi connectivity index (χ0v) is 8.88. The summed E-state index contributed by atoms with van der Waals surface area (Å²) in [6, 6.07) is 8.08. The summed E-state index contributed by atoms with van der Waals surface area (Å²) in [5.41, 5.74) is 0.676. The van der Waals surface area contributed by atoms with Crippen LogP contribution in [0.1, 0.15) is 15.9 Å². The molecule has 86 valence electrons. The molecule has 0 saturated heterocycles. The molecule has 0 aliphatic rings. The highest BCUT2D eigenvalue weighted by molar-refractivity contribution is 5.97. The lowest BCUT2D eigenvalue weighted by Crippen LogP contribution is -1.97. The summed E-state index contributed by atoms with van der Waals surface area (Å²) in [5, 5.41) is 19.8. The molecule has 0 heterocycles. The molecule has 0 saturated carbocycles. The van der Waals surface area contributed by atoms with Gasteiger partial charge in [0, 0.05) is 6.42 Å². The van der Waals surface area contributed by atoms with E-state index in [9.17, 15) is 14.7 Å². The zero-order valence-electron chi connectivity index (χ0n) is 8.88. The number of phenols is 1. The average Bonchev–Trinajstić information content (AvgIpc) is 2.28. The van der Waals surface area contributed by atoms with Gasteiger partial charge in [0.15, 0.2) is 0 Å². The fourth-order valence-corrected chi connectivity index (χ4v) is 1.73. The lowest BCUT2D eigenvalue weighted by atomic mass is 10.0. The molecule has 0 fully saturated rings. The fourth-order valence-electron chi connectivity index (χ4n) is 1.73. The number of carbonyl (C=O) groups excluding carboxylic acids is 1. The van der Waals surface area contributed by atoms with E-state index in [1.165, 1.54) is 12.1 Å². The molecule has 4 nitrogen and oxygen atoms in total. The van der Waals surface area contributed by atoms with Crippen LogP contribution in [0, 0.1) is 0 Å². The molecule has 0 bridgehead atoms. The highest BCUT2D eigenvalue weighted by Crippen LogP contribution is 2.25. The third-order valence-electron chi connectivity index (χ3n) is 2.57. The summed E-state index contributed by atoms with van der Waals surface area (Å²) in [6.45, 7) is 0. The van der Waals surface area contributed by atoms with Crippen molar-refractivity contribution in [1.29, 1.82) is 0 Å². The molecular weight excluding hydrogens is 220 g/mol. The van der Waals surface area contributed by atoms with Crippen LogP contribution in [0.15, 0.2) is 30.3 Å². The molecular formula is C13H10O4. The van der Waals surface area contributed by atoms with E-state index in [1.54, 1.807) is 18.2 Å². The molecule has 2 N–H and O–H groups in total. The molecule has 0 atom stereocenters. The van der Waals surface area contributed by atoms with E-state index < -0.39 is 5.97 Å². The number of aromatic hydroxyl groups is 1. The van der Waals surface area contributed by atoms with E-state index in [-0.39, 0.29) is 11.3 Å². The monoisotopic (exact) mass is 230 g/mol. The third-order valence-corrected chi connectivity index (χ3v) is 2.57. The van der Waals surface area contributed by atoms with Gasteiger partial charge in [0.05, 0.1) is 0 Å². The van der Waals surface area contributed by atoms with Gasteiger partial charge in [-0.1, -0.05) is 18.2 Å². The summed E-state index contributed by atoms with van der Waals surface area (Å²) in [7, 11) is 0. The van der Waals surface area contributed by atoms with Crippen LogP contribution in [0.25, 0.3) is 10.8 Å². The van der Waals surface area contributed by atoms with Crippen LogP contribution in [0.4, 0.5) is 0 Å². The van der Waals surface area contributed by atoms with E-state index in [1.807, 2.05) is 0 Å². The molecule has 2 rings (SSSR count). The van der Waals surface area contributed by atoms with Crippen molar-refractivity contribution in [3.05, 3.63) is 41.5 Å². The number of fused-ring (bicyclic) bond motifs is 1. The van der Waals surface area contributed by atoms with Crippen molar-refractivity contribution < 1.29 is 19.8 Å². The van der Waals surface area contributed by atoms with Crippen LogP contribution >= 0.6 is 0 Å². The first-order valence-corrected chi connectivity index (χ1v) is 5.04. The van der Waals surface area contributed by atoms with Gasteiger partial charge in [-0.05, 0) is 28.5 Å². The van der Waals surface area contributed by atoms with E-state index in [2.05, 4.69) is 0 Å². The summed E-state index contributed by atoms with van der Waals surface area (Å²) in [4.78, 5) is 21.3. The Bertz CT molecular complexity index is 602. The van der Waals surface area contributed by atoms with Gasteiger partial charge < -0.3 is 15.0 Å². The topological polar surface area (TPSA) is 74.6 Å². The van der Waals surface area contributed by atoms with Gasteiger partial charge >= 0.3 is 5.97 Å². The second-order valence-corrected chi connectivity index (χ2v) is 3.73. The molecule has 17 heavy (non-hydrogen) atoms. The summed E-state index contributed by atoms with van der Waals surface area (Å²) >= 11 is 0. The molecule has 0 spiro atoms. The van der Waals surface area contributed by atoms with Crippen molar-refractivity contribution in [1.82, 2.24) is 0 Å². The van der Waals surface area contributed by atoms with E-state index in [4.69, 9.17) is 5.11 Å². The minimum Gasteiger partial charge on any atom is -0.507 e. The van der Waals surface area contributed by atoms with Crippen LogP contribution in [-0.2, 0) is 11.2 Å². The van der Waals surface area contributed by atoms with Crippen LogP contribution in [-0.4, -0.2) is 22.5 Å². The Kier molecular flexibility index (Phi) is 2.78. The van der Waals surface area contributed by atoms with Crippen LogP contribution in [0.5, 0.6) is 5.75 Å². The van der Waals surface area contributed by atoms with E-state index in [0.717, 1.165) is 17.2 Å². The van der Waals surface area contributed by atoms with Crippen molar-refractivity contribution >= 4 is 23.0 Å². The first kappa shape index (κ1) is 11.1. The Balaban J connectivity index is 2.63. The zero-order chi connectivity index (χ0) is 12.4. The Labute approximate surface area is 97.1 Å². The summed E-state index contributed by atoms with van der Waals surface area (Å²) in [5.74, 6) is -1.43. The molecule has 0 aliphatic heterocycles. The van der Waals surface area contributed by atoms with E-state index in [0.29, 0.717) is 11.8 Å².